The summed E-state index contributed by atoms with van der Waals surface area (Å²) in [6.45, 7) is 4.91. The van der Waals surface area contributed by atoms with Crippen LogP contribution in [0.15, 0.2) is 23.2 Å². The summed E-state index contributed by atoms with van der Waals surface area (Å²) in [4.78, 5) is 4.69. The third-order valence-corrected chi connectivity index (χ3v) is 5.15. The summed E-state index contributed by atoms with van der Waals surface area (Å²) < 4.78 is 10.8. The molecular weight excluding hydrogens is 437 g/mol. The lowest BCUT2D eigenvalue weighted by molar-refractivity contribution is 0.174. The van der Waals surface area contributed by atoms with Gasteiger partial charge in [0.25, 0.3) is 0 Å². The van der Waals surface area contributed by atoms with Gasteiger partial charge in [0.05, 0.1) is 6.54 Å². The van der Waals surface area contributed by atoms with Crippen LogP contribution in [0.5, 0.6) is 11.5 Å². The van der Waals surface area contributed by atoms with Crippen LogP contribution in [0.2, 0.25) is 0 Å². The Bertz CT molecular complexity index is 551. The van der Waals surface area contributed by atoms with Gasteiger partial charge in [-0.25, -0.2) is 4.99 Å². The zero-order valence-corrected chi connectivity index (χ0v) is 17.2. The molecular formula is C17H26IN3O2S. The number of aliphatic imine (C=N–C) groups is 1. The number of fused-ring (bicyclic) bond motifs is 1. The molecule has 2 aliphatic heterocycles. The van der Waals surface area contributed by atoms with E-state index in [0.29, 0.717) is 13.3 Å². The zero-order valence-electron chi connectivity index (χ0n) is 14.0. The second-order valence-electron chi connectivity index (χ2n) is 5.82. The molecule has 1 fully saturated rings. The summed E-state index contributed by atoms with van der Waals surface area (Å²) in [5, 5.41) is 6.81. The van der Waals surface area contributed by atoms with Crippen LogP contribution in [0.1, 0.15) is 25.3 Å². The van der Waals surface area contributed by atoms with Gasteiger partial charge in [0.1, 0.15) is 0 Å². The highest BCUT2D eigenvalue weighted by molar-refractivity contribution is 14.0. The molecule has 2 heterocycles. The average Bonchev–Trinajstić information content (AvgIpc) is 3.06. The van der Waals surface area contributed by atoms with Crippen LogP contribution in [-0.4, -0.2) is 37.3 Å². The molecule has 24 heavy (non-hydrogen) atoms. The monoisotopic (exact) mass is 463 g/mol. The number of nitrogens with zero attached hydrogens (tertiary/aromatic N) is 1. The standard InChI is InChI=1S/C17H25N3O2S.HI/c1-2-18-17(19-10-13-5-7-23-8-6-13)20-11-14-3-4-15-16(9-14)22-12-21-15;/h3-4,9,13H,2,5-8,10-12H2,1H3,(H2,18,19,20);1H. The van der Waals surface area contributed by atoms with Crippen molar-refractivity contribution in [3.63, 3.8) is 0 Å². The van der Waals surface area contributed by atoms with Gasteiger partial charge in [0.15, 0.2) is 17.5 Å². The number of benzene rings is 1. The fraction of sp³-hybridized carbons (Fsp3) is 0.588. The van der Waals surface area contributed by atoms with Crippen LogP contribution < -0.4 is 20.1 Å². The van der Waals surface area contributed by atoms with Crippen LogP contribution in [-0.2, 0) is 6.54 Å². The lowest BCUT2D eigenvalue weighted by Gasteiger charge is -2.22. The molecule has 0 unspecified atom stereocenters. The predicted octanol–water partition coefficient (Wildman–Crippen LogP) is 3.23. The number of nitrogens with one attached hydrogen (secondary N) is 2. The van der Waals surface area contributed by atoms with E-state index in [1.165, 1.54) is 24.3 Å². The van der Waals surface area contributed by atoms with Crippen molar-refractivity contribution in [3.05, 3.63) is 23.8 Å². The highest BCUT2D eigenvalue weighted by Crippen LogP contribution is 2.32. The molecule has 1 aromatic rings. The van der Waals surface area contributed by atoms with Crippen molar-refractivity contribution >= 4 is 41.7 Å². The van der Waals surface area contributed by atoms with E-state index >= 15 is 0 Å². The van der Waals surface area contributed by atoms with Crippen LogP contribution >= 0.6 is 35.7 Å². The topological polar surface area (TPSA) is 54.9 Å². The smallest absolute Gasteiger partial charge is 0.231 e. The Morgan fingerprint density at radius 3 is 2.79 bits per heavy atom. The van der Waals surface area contributed by atoms with Gasteiger partial charge >= 0.3 is 0 Å². The van der Waals surface area contributed by atoms with Gasteiger partial charge in [0.2, 0.25) is 6.79 Å². The van der Waals surface area contributed by atoms with Crippen molar-refractivity contribution in [3.8, 4) is 11.5 Å². The predicted molar refractivity (Wildman–Crippen MR) is 111 cm³/mol. The minimum Gasteiger partial charge on any atom is -0.454 e. The van der Waals surface area contributed by atoms with Gasteiger partial charge in [-0.1, -0.05) is 6.07 Å². The second kappa shape index (κ2) is 10.2. The summed E-state index contributed by atoms with van der Waals surface area (Å²) >= 11 is 2.06. The number of hydrogen-bond acceptors (Lipinski definition) is 4. The molecule has 0 spiro atoms. The minimum absolute atomic E-state index is 0. The summed E-state index contributed by atoms with van der Waals surface area (Å²) in [7, 11) is 0. The van der Waals surface area contributed by atoms with E-state index in [2.05, 4.69) is 34.3 Å². The molecule has 1 saturated heterocycles. The van der Waals surface area contributed by atoms with Gasteiger partial charge in [0, 0.05) is 13.1 Å². The van der Waals surface area contributed by atoms with Gasteiger partial charge in [-0.2, -0.15) is 11.8 Å². The van der Waals surface area contributed by atoms with Gasteiger partial charge in [-0.3, -0.25) is 0 Å². The van der Waals surface area contributed by atoms with Crippen LogP contribution in [0.4, 0.5) is 0 Å². The fourth-order valence-corrected chi connectivity index (χ4v) is 3.95. The van der Waals surface area contributed by atoms with E-state index in [0.717, 1.165) is 42.0 Å². The molecule has 3 rings (SSSR count). The van der Waals surface area contributed by atoms with Crippen molar-refractivity contribution in [1.82, 2.24) is 10.6 Å². The van der Waals surface area contributed by atoms with Crippen molar-refractivity contribution < 1.29 is 9.47 Å². The Kier molecular flexibility index (Phi) is 8.31. The molecule has 0 aliphatic carbocycles. The van der Waals surface area contributed by atoms with E-state index in [1.807, 2.05) is 18.2 Å². The maximum Gasteiger partial charge on any atom is 0.231 e. The first-order valence-corrected chi connectivity index (χ1v) is 9.49. The van der Waals surface area contributed by atoms with E-state index in [4.69, 9.17) is 9.47 Å². The minimum atomic E-state index is 0. The number of guanidine groups is 1. The molecule has 5 nitrogen and oxygen atoms in total. The highest BCUT2D eigenvalue weighted by atomic mass is 127. The molecule has 0 saturated carbocycles. The number of thioether (sulfide) groups is 1. The Labute approximate surface area is 165 Å². The molecule has 0 aromatic heterocycles. The number of hydrogen-bond donors (Lipinski definition) is 2. The SMILES string of the molecule is CCNC(=NCc1ccc2c(c1)OCO2)NCC1CCSCC1.I. The molecule has 2 N–H and O–H groups in total. The van der Waals surface area contributed by atoms with Gasteiger partial charge < -0.3 is 20.1 Å². The molecule has 0 amide bonds. The summed E-state index contributed by atoms with van der Waals surface area (Å²) in [5.74, 6) is 5.87. The maximum absolute atomic E-state index is 5.42. The van der Waals surface area contributed by atoms with E-state index in [9.17, 15) is 0 Å². The Balaban J connectivity index is 0.00000208. The molecule has 0 bridgehead atoms. The summed E-state index contributed by atoms with van der Waals surface area (Å²) in [6.07, 6.45) is 2.61. The first-order chi connectivity index (χ1) is 11.3. The fourth-order valence-electron chi connectivity index (χ4n) is 2.74. The zero-order chi connectivity index (χ0) is 15.9. The Morgan fingerprint density at radius 2 is 2.00 bits per heavy atom. The van der Waals surface area contributed by atoms with Crippen LogP contribution in [0, 0.1) is 5.92 Å². The molecule has 7 heteroatoms. The first-order valence-electron chi connectivity index (χ1n) is 8.33. The van der Waals surface area contributed by atoms with E-state index in [1.54, 1.807) is 0 Å². The number of halogens is 1. The van der Waals surface area contributed by atoms with Crippen LogP contribution in [0.3, 0.4) is 0 Å². The normalized spacial score (nSPS) is 17.3. The highest BCUT2D eigenvalue weighted by Gasteiger charge is 2.15. The Hall–Kier alpha value is -0.830. The number of rotatable bonds is 5. The van der Waals surface area contributed by atoms with Gasteiger partial charge in [-0.15, -0.1) is 24.0 Å². The first kappa shape index (κ1) is 19.5. The molecule has 2 aliphatic rings. The van der Waals surface area contributed by atoms with Crippen molar-refractivity contribution in [1.29, 1.82) is 0 Å². The third kappa shape index (κ3) is 5.61. The third-order valence-electron chi connectivity index (χ3n) is 4.10. The lowest BCUT2D eigenvalue weighted by Crippen LogP contribution is -2.40. The second-order valence-corrected chi connectivity index (χ2v) is 7.04. The average molecular weight is 463 g/mol. The van der Waals surface area contributed by atoms with Gasteiger partial charge in [-0.05, 0) is 54.9 Å². The summed E-state index contributed by atoms with van der Waals surface area (Å²) in [5.41, 5.74) is 1.13. The van der Waals surface area contributed by atoms with Crippen molar-refractivity contribution in [2.24, 2.45) is 10.9 Å². The molecule has 1 aromatic carbocycles. The summed E-state index contributed by atoms with van der Waals surface area (Å²) in [6, 6.07) is 6.00. The van der Waals surface area contributed by atoms with E-state index < -0.39 is 0 Å². The van der Waals surface area contributed by atoms with Crippen molar-refractivity contribution in [2.45, 2.75) is 26.3 Å². The van der Waals surface area contributed by atoms with E-state index in [-0.39, 0.29) is 24.0 Å². The largest absolute Gasteiger partial charge is 0.454 e. The number of ether oxygens (including phenoxy) is 2. The molecule has 0 radical (unpaired) electrons. The quantitative estimate of drug-likeness (QED) is 0.399. The Morgan fingerprint density at radius 1 is 1.21 bits per heavy atom. The molecule has 134 valence electrons. The van der Waals surface area contributed by atoms with Crippen LogP contribution in [0.25, 0.3) is 0 Å². The molecule has 0 atom stereocenters. The van der Waals surface area contributed by atoms with Crippen molar-refractivity contribution in [2.75, 3.05) is 31.4 Å². The lowest BCUT2D eigenvalue weighted by atomic mass is 10.0. The maximum atomic E-state index is 5.42.